The van der Waals surface area contributed by atoms with E-state index in [2.05, 4.69) is 24.3 Å². The summed E-state index contributed by atoms with van der Waals surface area (Å²) >= 11 is 0. The maximum Gasteiger partial charge on any atom is 0.233 e. The second kappa shape index (κ2) is 4.55. The van der Waals surface area contributed by atoms with Crippen molar-refractivity contribution in [1.82, 2.24) is 5.32 Å². The molecule has 0 unspecified atom stereocenters. The number of nitrogens with zero attached hydrogens (tertiary/aromatic N) is 1. The number of rotatable bonds is 5. The van der Waals surface area contributed by atoms with Crippen molar-refractivity contribution >= 4 is 11.7 Å². The predicted octanol–water partition coefficient (Wildman–Crippen LogP) is 1.31. The van der Waals surface area contributed by atoms with Crippen LogP contribution < -0.4 is 11.1 Å². The molecule has 0 aromatic carbocycles. The molecule has 0 spiro atoms. The summed E-state index contributed by atoms with van der Waals surface area (Å²) in [5, 5.41) is 14.5. The quantitative estimate of drug-likeness (QED) is 0.293. The Kier molecular flexibility index (Phi) is 3.69. The van der Waals surface area contributed by atoms with Gasteiger partial charge in [-0.3, -0.25) is 4.79 Å². The van der Waals surface area contributed by atoms with Crippen LogP contribution in [0.3, 0.4) is 0 Å². The molecule has 0 aromatic heterocycles. The van der Waals surface area contributed by atoms with Crippen molar-refractivity contribution < 1.29 is 10.0 Å². The third-order valence-electron chi connectivity index (χ3n) is 4.03. The Morgan fingerprint density at radius 1 is 1.53 bits per heavy atom. The summed E-state index contributed by atoms with van der Waals surface area (Å²) in [4.78, 5) is 12.0. The minimum absolute atomic E-state index is 0.0654. The van der Waals surface area contributed by atoms with Crippen molar-refractivity contribution in [2.75, 3.05) is 6.54 Å². The van der Waals surface area contributed by atoms with Crippen LogP contribution in [0.5, 0.6) is 0 Å². The number of amidine groups is 1. The van der Waals surface area contributed by atoms with E-state index in [1.54, 1.807) is 13.8 Å². The Labute approximate surface area is 102 Å². The Balaban J connectivity index is 2.56. The summed E-state index contributed by atoms with van der Waals surface area (Å²) < 4.78 is 0. The van der Waals surface area contributed by atoms with E-state index in [1.807, 2.05) is 0 Å². The van der Waals surface area contributed by atoms with Crippen molar-refractivity contribution in [2.45, 2.75) is 40.5 Å². The third kappa shape index (κ3) is 2.70. The van der Waals surface area contributed by atoms with Gasteiger partial charge in [0, 0.05) is 6.54 Å². The Morgan fingerprint density at radius 3 is 2.41 bits per heavy atom. The Hall–Kier alpha value is -1.26. The third-order valence-corrected chi connectivity index (χ3v) is 4.03. The van der Waals surface area contributed by atoms with Crippen LogP contribution in [0.2, 0.25) is 0 Å². The van der Waals surface area contributed by atoms with Gasteiger partial charge in [0.2, 0.25) is 5.91 Å². The highest BCUT2D eigenvalue weighted by molar-refractivity contribution is 6.05. The van der Waals surface area contributed by atoms with Gasteiger partial charge in [0.05, 0.1) is 0 Å². The topological polar surface area (TPSA) is 87.7 Å². The van der Waals surface area contributed by atoms with Gasteiger partial charge in [-0.1, -0.05) is 19.0 Å². The van der Waals surface area contributed by atoms with Crippen LogP contribution in [-0.4, -0.2) is 23.5 Å². The smallest absolute Gasteiger partial charge is 0.233 e. The molecule has 1 saturated carbocycles. The van der Waals surface area contributed by atoms with E-state index in [0.717, 1.165) is 12.8 Å². The summed E-state index contributed by atoms with van der Waals surface area (Å²) in [5.41, 5.74) is 4.80. The molecule has 4 N–H and O–H groups in total. The van der Waals surface area contributed by atoms with E-state index in [-0.39, 0.29) is 17.2 Å². The average molecular weight is 241 g/mol. The van der Waals surface area contributed by atoms with Crippen LogP contribution in [0.15, 0.2) is 5.16 Å². The number of oxime groups is 1. The van der Waals surface area contributed by atoms with Gasteiger partial charge in [-0.05, 0) is 38.0 Å². The van der Waals surface area contributed by atoms with Gasteiger partial charge in [0.1, 0.15) is 5.41 Å². The number of nitrogens with two attached hydrogens (primary N) is 1. The fraction of sp³-hybridized carbons (Fsp3) is 0.833. The fourth-order valence-corrected chi connectivity index (χ4v) is 1.84. The van der Waals surface area contributed by atoms with Gasteiger partial charge in [-0.15, -0.1) is 0 Å². The zero-order valence-corrected chi connectivity index (χ0v) is 11.1. The standard InChI is InChI=1S/C12H23N3O2/c1-8(2)12(5-6-12)7-14-10(16)11(3,4)9(13)15-17/h8,17H,5-7H2,1-4H3,(H2,13,15)(H,14,16). The molecule has 0 saturated heterocycles. The van der Waals surface area contributed by atoms with Crippen LogP contribution in [-0.2, 0) is 4.79 Å². The number of hydrogen-bond donors (Lipinski definition) is 3. The van der Waals surface area contributed by atoms with E-state index in [0.29, 0.717) is 12.5 Å². The molecule has 1 amide bonds. The zero-order valence-electron chi connectivity index (χ0n) is 11.1. The van der Waals surface area contributed by atoms with E-state index in [9.17, 15) is 4.79 Å². The molecular weight excluding hydrogens is 218 g/mol. The molecule has 0 atom stereocenters. The van der Waals surface area contributed by atoms with Crippen molar-refractivity contribution in [3.63, 3.8) is 0 Å². The Bertz CT molecular complexity index is 331. The lowest BCUT2D eigenvalue weighted by atomic mass is 9.89. The molecule has 1 aliphatic carbocycles. The molecule has 98 valence electrons. The van der Waals surface area contributed by atoms with E-state index in [1.165, 1.54) is 0 Å². The number of amides is 1. The van der Waals surface area contributed by atoms with Crippen LogP contribution >= 0.6 is 0 Å². The first kappa shape index (κ1) is 13.8. The molecule has 0 heterocycles. The number of carbonyl (C=O) groups excluding carboxylic acids is 1. The van der Waals surface area contributed by atoms with Crippen molar-refractivity contribution in [3.05, 3.63) is 0 Å². The maximum atomic E-state index is 12.0. The van der Waals surface area contributed by atoms with E-state index < -0.39 is 5.41 Å². The Morgan fingerprint density at radius 2 is 2.06 bits per heavy atom. The molecule has 1 rings (SSSR count). The highest BCUT2D eigenvalue weighted by Gasteiger charge is 2.46. The summed E-state index contributed by atoms with van der Waals surface area (Å²) in [6.45, 7) is 8.31. The molecule has 17 heavy (non-hydrogen) atoms. The molecule has 0 aromatic rings. The zero-order chi connectivity index (χ0) is 13.3. The van der Waals surface area contributed by atoms with Gasteiger partial charge >= 0.3 is 0 Å². The predicted molar refractivity (Wildman–Crippen MR) is 66.7 cm³/mol. The lowest BCUT2D eigenvalue weighted by Gasteiger charge is -2.25. The molecular formula is C12H23N3O2. The van der Waals surface area contributed by atoms with Gasteiger partial charge in [0.25, 0.3) is 0 Å². The lowest BCUT2D eigenvalue weighted by Crippen LogP contribution is -2.47. The first-order valence-electron chi connectivity index (χ1n) is 6.02. The van der Waals surface area contributed by atoms with Gasteiger partial charge in [-0.2, -0.15) is 0 Å². The summed E-state index contributed by atoms with van der Waals surface area (Å²) in [5.74, 6) is 0.305. The number of carbonyl (C=O) groups is 1. The van der Waals surface area contributed by atoms with E-state index in [4.69, 9.17) is 10.9 Å². The monoisotopic (exact) mass is 241 g/mol. The molecule has 1 fully saturated rings. The molecule has 0 radical (unpaired) electrons. The van der Waals surface area contributed by atoms with Crippen LogP contribution in [0.4, 0.5) is 0 Å². The molecule has 0 aliphatic heterocycles. The van der Waals surface area contributed by atoms with E-state index >= 15 is 0 Å². The first-order chi connectivity index (χ1) is 7.76. The van der Waals surface area contributed by atoms with Gasteiger partial charge < -0.3 is 16.3 Å². The SMILES string of the molecule is CC(C)C1(CNC(=O)C(C)(C)C(N)=NO)CC1. The molecule has 5 nitrogen and oxygen atoms in total. The second-order valence-electron chi connectivity index (χ2n) is 5.81. The largest absolute Gasteiger partial charge is 0.409 e. The summed E-state index contributed by atoms with van der Waals surface area (Å²) in [6, 6.07) is 0. The van der Waals surface area contributed by atoms with Crippen LogP contribution in [0, 0.1) is 16.7 Å². The number of hydrogen-bond acceptors (Lipinski definition) is 3. The highest BCUT2D eigenvalue weighted by Crippen LogP contribution is 2.51. The van der Waals surface area contributed by atoms with Crippen molar-refractivity contribution in [2.24, 2.45) is 27.6 Å². The summed E-state index contributed by atoms with van der Waals surface area (Å²) in [6.07, 6.45) is 2.32. The highest BCUT2D eigenvalue weighted by atomic mass is 16.4. The normalized spacial score (nSPS) is 19.2. The summed E-state index contributed by atoms with van der Waals surface area (Å²) in [7, 11) is 0. The molecule has 0 bridgehead atoms. The van der Waals surface area contributed by atoms with Gasteiger partial charge in [0.15, 0.2) is 5.84 Å². The molecule has 1 aliphatic rings. The van der Waals surface area contributed by atoms with Crippen molar-refractivity contribution in [3.8, 4) is 0 Å². The number of nitrogens with one attached hydrogen (secondary N) is 1. The van der Waals surface area contributed by atoms with Crippen LogP contribution in [0.1, 0.15) is 40.5 Å². The average Bonchev–Trinajstić information content (AvgIpc) is 3.05. The van der Waals surface area contributed by atoms with Crippen molar-refractivity contribution in [1.29, 1.82) is 0 Å². The molecule has 5 heteroatoms. The fourth-order valence-electron chi connectivity index (χ4n) is 1.84. The maximum absolute atomic E-state index is 12.0. The van der Waals surface area contributed by atoms with Gasteiger partial charge in [-0.25, -0.2) is 0 Å². The second-order valence-corrected chi connectivity index (χ2v) is 5.81. The minimum Gasteiger partial charge on any atom is -0.409 e. The minimum atomic E-state index is -0.970. The lowest BCUT2D eigenvalue weighted by molar-refractivity contribution is -0.126. The van der Waals surface area contributed by atoms with Crippen LogP contribution in [0.25, 0.3) is 0 Å². The first-order valence-corrected chi connectivity index (χ1v) is 6.02.